The van der Waals surface area contributed by atoms with Crippen LogP contribution in [0.1, 0.15) is 73.9 Å². The zero-order chi connectivity index (χ0) is 20.1. The molecule has 1 aromatic carbocycles. The molecule has 144 valence electrons. The van der Waals surface area contributed by atoms with Gasteiger partial charge in [-0.1, -0.05) is 27.7 Å². The molecule has 5 heteroatoms. The van der Waals surface area contributed by atoms with Crippen LogP contribution >= 0.6 is 0 Å². The van der Waals surface area contributed by atoms with Crippen LogP contribution in [0, 0.1) is 0 Å². The van der Waals surface area contributed by atoms with E-state index in [1.54, 1.807) is 24.3 Å². The Hall–Kier alpha value is -2.82. The summed E-state index contributed by atoms with van der Waals surface area (Å²) in [5.41, 5.74) is 2.96. The Bertz CT molecular complexity index is 816. The fraction of sp³-hybridized carbons (Fsp3) is 0.364. The Morgan fingerprint density at radius 3 is 2.19 bits per heavy atom. The van der Waals surface area contributed by atoms with E-state index < -0.39 is 5.97 Å². The van der Waals surface area contributed by atoms with Gasteiger partial charge in [0.15, 0.2) is 0 Å². The Labute approximate surface area is 160 Å². The van der Waals surface area contributed by atoms with E-state index in [0.717, 1.165) is 11.3 Å². The lowest BCUT2D eigenvalue weighted by atomic mass is 9.98. The van der Waals surface area contributed by atoms with Crippen molar-refractivity contribution in [3.63, 3.8) is 0 Å². The maximum atomic E-state index is 12.3. The molecule has 0 unspecified atom stereocenters. The van der Waals surface area contributed by atoms with E-state index in [1.807, 2.05) is 13.0 Å². The summed E-state index contributed by atoms with van der Waals surface area (Å²) in [5.74, 6) is 1.64. The number of methoxy groups -OCH3 is 1. The fourth-order valence-electron chi connectivity index (χ4n) is 2.77. The molecule has 1 heterocycles. The van der Waals surface area contributed by atoms with Gasteiger partial charge in [-0.15, -0.1) is 0 Å². The van der Waals surface area contributed by atoms with Crippen LogP contribution in [0.15, 0.2) is 40.8 Å². The van der Waals surface area contributed by atoms with Gasteiger partial charge >= 0.3 is 5.97 Å². The van der Waals surface area contributed by atoms with Crippen LogP contribution in [-0.2, 0) is 9.53 Å². The van der Waals surface area contributed by atoms with E-state index in [-0.39, 0.29) is 11.8 Å². The molecule has 1 N–H and O–H groups in total. The highest BCUT2D eigenvalue weighted by Gasteiger charge is 2.17. The Balaban J connectivity index is 2.15. The minimum Gasteiger partial charge on any atom is -0.465 e. The molecule has 0 atom stereocenters. The molecule has 0 spiro atoms. The van der Waals surface area contributed by atoms with Crippen molar-refractivity contribution < 1.29 is 18.7 Å². The van der Waals surface area contributed by atoms with Crippen LogP contribution in [0.4, 0.5) is 5.69 Å². The predicted molar refractivity (Wildman–Crippen MR) is 107 cm³/mol. The van der Waals surface area contributed by atoms with Gasteiger partial charge in [0.2, 0.25) is 5.91 Å². The van der Waals surface area contributed by atoms with Gasteiger partial charge in [-0.3, -0.25) is 4.79 Å². The summed E-state index contributed by atoms with van der Waals surface area (Å²) in [6.45, 7) is 10.3. The number of carbonyl (C=O) groups excluding carboxylic acids is 2. The van der Waals surface area contributed by atoms with Crippen LogP contribution in [-0.4, -0.2) is 19.0 Å². The highest BCUT2D eigenvalue weighted by Crippen LogP contribution is 2.32. The smallest absolute Gasteiger partial charge is 0.337 e. The Morgan fingerprint density at radius 2 is 1.70 bits per heavy atom. The normalized spacial score (nSPS) is 11.8. The first kappa shape index (κ1) is 20.5. The molecule has 0 fully saturated rings. The van der Waals surface area contributed by atoms with Crippen LogP contribution in [0.5, 0.6) is 0 Å². The molecule has 0 aliphatic rings. The number of benzene rings is 1. The van der Waals surface area contributed by atoms with E-state index in [9.17, 15) is 9.59 Å². The predicted octanol–water partition coefficient (Wildman–Crippen LogP) is 5.36. The highest BCUT2D eigenvalue weighted by molar-refractivity contribution is 6.03. The summed E-state index contributed by atoms with van der Waals surface area (Å²) < 4.78 is 10.7. The van der Waals surface area contributed by atoms with E-state index >= 15 is 0 Å². The number of anilines is 1. The van der Waals surface area contributed by atoms with Crippen LogP contribution in [0.3, 0.4) is 0 Å². The Kier molecular flexibility index (Phi) is 6.61. The topological polar surface area (TPSA) is 68.5 Å². The molecule has 1 aromatic heterocycles. The largest absolute Gasteiger partial charge is 0.465 e. The molecule has 2 aromatic rings. The number of nitrogens with one attached hydrogen (secondary N) is 1. The number of esters is 1. The van der Waals surface area contributed by atoms with Crippen molar-refractivity contribution in [2.75, 3.05) is 12.4 Å². The molecule has 0 aliphatic heterocycles. The number of allylic oxidation sites excluding steroid dienone is 1. The van der Waals surface area contributed by atoms with Crippen molar-refractivity contribution >= 4 is 23.1 Å². The first-order valence-corrected chi connectivity index (χ1v) is 9.04. The number of rotatable bonds is 6. The number of amides is 1. The average molecular weight is 369 g/mol. The third-order valence-corrected chi connectivity index (χ3v) is 4.25. The van der Waals surface area contributed by atoms with Crippen LogP contribution in [0.25, 0.3) is 5.57 Å². The quantitative estimate of drug-likeness (QED) is 0.550. The van der Waals surface area contributed by atoms with Crippen LogP contribution in [0.2, 0.25) is 0 Å². The monoisotopic (exact) mass is 369 g/mol. The molecule has 1 amide bonds. The maximum Gasteiger partial charge on any atom is 0.337 e. The molecule has 0 saturated carbocycles. The van der Waals surface area contributed by atoms with E-state index in [1.165, 1.54) is 18.7 Å². The summed E-state index contributed by atoms with van der Waals surface area (Å²) >= 11 is 0. The summed E-state index contributed by atoms with van der Waals surface area (Å²) in [7, 11) is 1.33. The fourth-order valence-corrected chi connectivity index (χ4v) is 2.77. The van der Waals surface area contributed by atoms with Crippen LogP contribution < -0.4 is 5.32 Å². The number of ether oxygens (including phenoxy) is 1. The van der Waals surface area contributed by atoms with Crippen molar-refractivity contribution in [3.8, 4) is 0 Å². The lowest BCUT2D eigenvalue weighted by Crippen LogP contribution is -2.09. The second-order valence-corrected chi connectivity index (χ2v) is 7.13. The second kappa shape index (κ2) is 8.71. The van der Waals surface area contributed by atoms with E-state index in [4.69, 9.17) is 4.42 Å². The molecule has 27 heavy (non-hydrogen) atoms. The summed E-state index contributed by atoms with van der Waals surface area (Å²) in [6.07, 6.45) is 1.52. The third-order valence-electron chi connectivity index (χ3n) is 4.25. The first-order chi connectivity index (χ1) is 12.7. The second-order valence-electron chi connectivity index (χ2n) is 7.13. The number of hydrogen-bond donors (Lipinski definition) is 1. The molecular formula is C22H27NO4. The van der Waals surface area contributed by atoms with Gasteiger partial charge in [0.25, 0.3) is 0 Å². The van der Waals surface area contributed by atoms with Crippen molar-refractivity contribution in [1.82, 2.24) is 0 Å². The van der Waals surface area contributed by atoms with Gasteiger partial charge in [0.05, 0.1) is 12.7 Å². The van der Waals surface area contributed by atoms with Gasteiger partial charge < -0.3 is 14.5 Å². The summed E-state index contributed by atoms with van der Waals surface area (Å²) in [4.78, 5) is 23.8. The van der Waals surface area contributed by atoms with Gasteiger partial charge in [0.1, 0.15) is 11.5 Å². The summed E-state index contributed by atoms with van der Waals surface area (Å²) in [6, 6.07) is 8.55. The maximum absolute atomic E-state index is 12.3. The lowest BCUT2D eigenvalue weighted by Gasteiger charge is -2.07. The number of carbonyl (C=O) groups is 2. The molecular weight excluding hydrogens is 342 g/mol. The average Bonchev–Trinajstić information content (AvgIpc) is 3.07. The zero-order valence-electron chi connectivity index (χ0n) is 16.8. The van der Waals surface area contributed by atoms with Gasteiger partial charge in [-0.2, -0.15) is 0 Å². The van der Waals surface area contributed by atoms with E-state index in [0.29, 0.717) is 22.9 Å². The van der Waals surface area contributed by atoms with E-state index in [2.05, 4.69) is 37.7 Å². The van der Waals surface area contributed by atoms with Crippen molar-refractivity contribution in [2.45, 2.75) is 46.5 Å². The minimum absolute atomic E-state index is 0.257. The zero-order valence-corrected chi connectivity index (χ0v) is 16.8. The van der Waals surface area contributed by atoms with Gasteiger partial charge in [-0.05, 0) is 54.3 Å². The Morgan fingerprint density at radius 1 is 1.07 bits per heavy atom. The van der Waals surface area contributed by atoms with Gasteiger partial charge in [0, 0.05) is 17.7 Å². The first-order valence-electron chi connectivity index (χ1n) is 9.04. The molecule has 0 saturated heterocycles. The van der Waals surface area contributed by atoms with Crippen molar-refractivity contribution in [1.29, 1.82) is 0 Å². The highest BCUT2D eigenvalue weighted by atomic mass is 16.5. The third kappa shape index (κ3) is 5.09. The molecule has 2 rings (SSSR count). The van der Waals surface area contributed by atoms with Crippen molar-refractivity contribution in [2.24, 2.45) is 0 Å². The molecule has 5 nitrogen and oxygen atoms in total. The molecule has 0 radical (unpaired) electrons. The van der Waals surface area contributed by atoms with Crippen molar-refractivity contribution in [3.05, 3.63) is 59.1 Å². The van der Waals surface area contributed by atoms with Gasteiger partial charge in [-0.25, -0.2) is 4.79 Å². The lowest BCUT2D eigenvalue weighted by molar-refractivity contribution is -0.111. The number of hydrogen-bond acceptors (Lipinski definition) is 4. The molecule has 0 aliphatic carbocycles. The number of furan rings is 1. The SMILES string of the molecule is COC(=O)c1ccc(NC(=O)C=C(C)c2cc(C(C)C)c(C(C)C)o2)cc1. The molecule has 0 bridgehead atoms. The minimum atomic E-state index is -0.414. The summed E-state index contributed by atoms with van der Waals surface area (Å²) in [5, 5.41) is 2.78. The standard InChI is InChI=1S/C22H27NO4/c1-13(2)18-12-19(27-21(18)14(3)4)15(5)11-20(24)23-17-9-7-16(8-10-17)22(25)26-6/h7-14H,1-6H3,(H,23,24).